The second-order valence-corrected chi connectivity index (χ2v) is 8.05. The molecule has 1 aliphatic heterocycles. The lowest BCUT2D eigenvalue weighted by molar-refractivity contribution is -0.147. The Bertz CT molecular complexity index is 873. The number of benzene rings is 1. The number of aromatic nitrogens is 2. The zero-order chi connectivity index (χ0) is 21.2. The highest BCUT2D eigenvalue weighted by Gasteiger charge is 2.39. The van der Waals surface area contributed by atoms with Crippen molar-refractivity contribution in [2.45, 2.75) is 39.3 Å². The van der Waals surface area contributed by atoms with E-state index in [0.29, 0.717) is 19.6 Å². The van der Waals surface area contributed by atoms with Gasteiger partial charge in [-0.3, -0.25) is 4.90 Å². The first-order valence-electron chi connectivity index (χ1n) is 9.64. The molecule has 8 heteroatoms. The average molecular weight is 400 g/mol. The molecule has 2 heterocycles. The van der Waals surface area contributed by atoms with Crippen LogP contribution in [0.4, 0.5) is 10.6 Å². The van der Waals surface area contributed by atoms with E-state index in [9.17, 15) is 9.59 Å². The average Bonchev–Trinajstić information content (AvgIpc) is 3.08. The van der Waals surface area contributed by atoms with Gasteiger partial charge in [-0.15, -0.1) is 0 Å². The normalized spacial score (nSPS) is 17.2. The quantitative estimate of drug-likeness (QED) is 0.738. The molecule has 0 spiro atoms. The highest BCUT2D eigenvalue weighted by atomic mass is 16.6. The fraction of sp³-hybridized carbons (Fsp3) is 0.476. The number of esters is 1. The van der Waals surface area contributed by atoms with Crippen molar-refractivity contribution in [2.75, 3.05) is 31.6 Å². The molecule has 0 radical (unpaired) electrons. The van der Waals surface area contributed by atoms with Crippen LogP contribution in [0.2, 0.25) is 0 Å². The molecule has 0 N–H and O–H groups in total. The Morgan fingerprint density at radius 2 is 1.83 bits per heavy atom. The molecular formula is C21H28N4O4. The lowest BCUT2D eigenvalue weighted by Gasteiger charge is -2.40. The highest BCUT2D eigenvalue weighted by Crippen LogP contribution is 2.25. The summed E-state index contributed by atoms with van der Waals surface area (Å²) >= 11 is 0. The fourth-order valence-electron chi connectivity index (χ4n) is 3.34. The van der Waals surface area contributed by atoms with Crippen LogP contribution in [0, 0.1) is 6.92 Å². The first-order chi connectivity index (χ1) is 13.7. The number of aryl methyl sites for hydroxylation is 1. The third kappa shape index (κ3) is 4.70. The first kappa shape index (κ1) is 20.7. The number of nitrogens with zero attached hydrogens (tertiary/aromatic N) is 4. The summed E-state index contributed by atoms with van der Waals surface area (Å²) in [7, 11) is 1.33. The van der Waals surface area contributed by atoms with Crippen LogP contribution >= 0.6 is 0 Å². The summed E-state index contributed by atoms with van der Waals surface area (Å²) in [6.07, 6.45) is -0.514. The highest BCUT2D eigenvalue weighted by molar-refractivity contribution is 5.82. The fourth-order valence-corrected chi connectivity index (χ4v) is 3.34. The van der Waals surface area contributed by atoms with Gasteiger partial charge in [-0.1, -0.05) is 18.2 Å². The molecule has 1 fully saturated rings. The van der Waals surface area contributed by atoms with Crippen LogP contribution in [0.25, 0.3) is 5.69 Å². The molecule has 156 valence electrons. The number of methoxy groups -OCH3 is 1. The van der Waals surface area contributed by atoms with Crippen LogP contribution in [0.15, 0.2) is 36.4 Å². The predicted octanol–water partition coefficient (Wildman–Crippen LogP) is 2.78. The van der Waals surface area contributed by atoms with Crippen molar-refractivity contribution in [2.24, 2.45) is 0 Å². The number of anilines is 1. The molecule has 8 nitrogen and oxygen atoms in total. The molecule has 1 atom stereocenters. The summed E-state index contributed by atoms with van der Waals surface area (Å²) in [6.45, 7) is 8.51. The second kappa shape index (κ2) is 8.14. The molecule has 1 aromatic carbocycles. The monoisotopic (exact) mass is 400 g/mol. The van der Waals surface area contributed by atoms with Crippen LogP contribution in [0.1, 0.15) is 26.5 Å². The van der Waals surface area contributed by atoms with Crippen molar-refractivity contribution in [1.82, 2.24) is 14.7 Å². The van der Waals surface area contributed by atoms with E-state index in [1.54, 1.807) is 20.8 Å². The predicted molar refractivity (Wildman–Crippen MR) is 109 cm³/mol. The number of hydrogen-bond acceptors (Lipinski definition) is 6. The standard InChI is InChI=1S/C21H28N4O4/c1-15-13-18(25(22-15)16-9-7-6-8-10-16)23-11-12-24(17(14-23)19(26)28-5)20(27)29-21(2,3)4/h6-10,13,17H,11-12,14H2,1-5H3. The molecule has 1 unspecified atom stereocenters. The van der Waals surface area contributed by atoms with Crippen LogP contribution < -0.4 is 4.90 Å². The van der Waals surface area contributed by atoms with E-state index >= 15 is 0 Å². The Labute approximate surface area is 171 Å². The lowest BCUT2D eigenvalue weighted by Crippen LogP contribution is -2.59. The molecule has 1 amide bonds. The molecule has 0 saturated carbocycles. The molecule has 3 rings (SSSR count). The van der Waals surface area contributed by atoms with Gasteiger partial charge in [0.1, 0.15) is 11.4 Å². The number of ether oxygens (including phenoxy) is 2. The van der Waals surface area contributed by atoms with Gasteiger partial charge < -0.3 is 14.4 Å². The van der Waals surface area contributed by atoms with Gasteiger partial charge in [-0.05, 0) is 39.8 Å². The third-order valence-electron chi connectivity index (χ3n) is 4.62. The van der Waals surface area contributed by atoms with E-state index in [1.165, 1.54) is 12.0 Å². The Balaban J connectivity index is 1.88. The summed E-state index contributed by atoms with van der Waals surface area (Å²) in [4.78, 5) is 28.6. The minimum atomic E-state index is -0.761. The van der Waals surface area contributed by atoms with E-state index in [1.807, 2.05) is 48.0 Å². The van der Waals surface area contributed by atoms with Crippen molar-refractivity contribution >= 4 is 17.9 Å². The Kier molecular flexibility index (Phi) is 5.81. The largest absolute Gasteiger partial charge is 0.467 e. The number of carbonyl (C=O) groups excluding carboxylic acids is 2. The van der Waals surface area contributed by atoms with Crippen molar-refractivity contribution in [3.8, 4) is 5.69 Å². The summed E-state index contributed by atoms with van der Waals surface area (Å²) < 4.78 is 12.3. The molecule has 1 saturated heterocycles. The summed E-state index contributed by atoms with van der Waals surface area (Å²) in [5.74, 6) is 0.398. The minimum Gasteiger partial charge on any atom is -0.467 e. The number of hydrogen-bond donors (Lipinski definition) is 0. The Morgan fingerprint density at radius 1 is 1.14 bits per heavy atom. The molecule has 0 aliphatic carbocycles. The number of rotatable bonds is 3. The summed E-state index contributed by atoms with van der Waals surface area (Å²) in [5.41, 5.74) is 1.16. The van der Waals surface area contributed by atoms with E-state index in [0.717, 1.165) is 17.2 Å². The molecule has 29 heavy (non-hydrogen) atoms. The van der Waals surface area contributed by atoms with Crippen LogP contribution in [-0.4, -0.2) is 65.1 Å². The van der Waals surface area contributed by atoms with Crippen LogP contribution in [0.5, 0.6) is 0 Å². The van der Waals surface area contributed by atoms with Gasteiger partial charge in [-0.25, -0.2) is 14.3 Å². The van der Waals surface area contributed by atoms with Gasteiger partial charge in [0.15, 0.2) is 6.04 Å². The van der Waals surface area contributed by atoms with Gasteiger partial charge in [-0.2, -0.15) is 5.10 Å². The Hall–Kier alpha value is -3.03. The number of para-hydroxylation sites is 1. The maximum atomic E-state index is 12.6. The number of carbonyl (C=O) groups is 2. The van der Waals surface area contributed by atoms with Crippen LogP contribution in [0.3, 0.4) is 0 Å². The number of piperazine rings is 1. The molecule has 1 aromatic heterocycles. The van der Waals surface area contributed by atoms with Gasteiger partial charge in [0.2, 0.25) is 0 Å². The zero-order valence-corrected chi connectivity index (χ0v) is 17.6. The third-order valence-corrected chi connectivity index (χ3v) is 4.62. The van der Waals surface area contributed by atoms with Crippen molar-refractivity contribution in [1.29, 1.82) is 0 Å². The first-order valence-corrected chi connectivity index (χ1v) is 9.64. The zero-order valence-electron chi connectivity index (χ0n) is 17.6. The van der Waals surface area contributed by atoms with E-state index in [4.69, 9.17) is 9.47 Å². The second-order valence-electron chi connectivity index (χ2n) is 8.05. The molecule has 0 bridgehead atoms. The lowest BCUT2D eigenvalue weighted by atomic mass is 10.1. The maximum Gasteiger partial charge on any atom is 0.411 e. The molecular weight excluding hydrogens is 372 g/mol. The van der Waals surface area contributed by atoms with E-state index in [-0.39, 0.29) is 0 Å². The van der Waals surface area contributed by atoms with Crippen LogP contribution in [-0.2, 0) is 14.3 Å². The van der Waals surface area contributed by atoms with Crippen molar-refractivity contribution < 1.29 is 19.1 Å². The minimum absolute atomic E-state index is 0.296. The maximum absolute atomic E-state index is 12.6. The Morgan fingerprint density at radius 3 is 2.45 bits per heavy atom. The van der Waals surface area contributed by atoms with E-state index < -0.39 is 23.7 Å². The van der Waals surface area contributed by atoms with Gasteiger partial charge in [0, 0.05) is 19.2 Å². The topological polar surface area (TPSA) is 76.9 Å². The number of amides is 1. The van der Waals surface area contributed by atoms with E-state index in [2.05, 4.69) is 10.00 Å². The van der Waals surface area contributed by atoms with Gasteiger partial charge in [0.25, 0.3) is 0 Å². The van der Waals surface area contributed by atoms with Gasteiger partial charge in [0.05, 0.1) is 25.0 Å². The molecule has 2 aromatic rings. The van der Waals surface area contributed by atoms with Gasteiger partial charge >= 0.3 is 12.1 Å². The summed E-state index contributed by atoms with van der Waals surface area (Å²) in [6, 6.07) is 11.0. The smallest absolute Gasteiger partial charge is 0.411 e. The molecule has 1 aliphatic rings. The van der Waals surface area contributed by atoms with Crippen molar-refractivity contribution in [3.05, 3.63) is 42.1 Å². The summed E-state index contributed by atoms with van der Waals surface area (Å²) in [5, 5.41) is 4.60. The van der Waals surface area contributed by atoms with Crippen molar-refractivity contribution in [3.63, 3.8) is 0 Å². The SMILES string of the molecule is COC(=O)C1CN(c2cc(C)nn2-c2ccccc2)CCN1C(=O)OC(C)(C)C.